The van der Waals surface area contributed by atoms with E-state index in [-0.39, 0.29) is 5.24 Å². The highest BCUT2D eigenvalue weighted by Gasteiger charge is 2.16. The quantitative estimate of drug-likeness (QED) is 0.736. The fourth-order valence-electron chi connectivity index (χ4n) is 3.40. The van der Waals surface area contributed by atoms with Crippen molar-refractivity contribution in [1.82, 2.24) is 4.57 Å². The number of nitrogens with zero attached hydrogens (tertiary/aromatic N) is 1. The number of aryl methyl sites for hydroxylation is 1. The molecule has 1 fully saturated rings. The Bertz CT molecular complexity index is 638. The molecular weight excluding hydrogens is 270 g/mol. The Morgan fingerprint density at radius 3 is 2.75 bits per heavy atom. The van der Waals surface area contributed by atoms with Crippen molar-refractivity contribution in [2.24, 2.45) is 5.92 Å². The molecule has 2 aromatic rings. The van der Waals surface area contributed by atoms with Gasteiger partial charge in [-0.15, -0.1) is 0 Å². The molecule has 3 heteroatoms. The maximum atomic E-state index is 11.4. The summed E-state index contributed by atoms with van der Waals surface area (Å²) in [5.74, 6) is 0.772. The number of benzene rings is 1. The van der Waals surface area contributed by atoms with Crippen molar-refractivity contribution < 1.29 is 4.79 Å². The maximum absolute atomic E-state index is 11.4. The molecule has 1 saturated carbocycles. The van der Waals surface area contributed by atoms with Crippen molar-refractivity contribution in [2.75, 3.05) is 0 Å². The molecule has 0 saturated heterocycles. The zero-order chi connectivity index (χ0) is 14.1. The largest absolute Gasteiger partial charge is 0.347 e. The van der Waals surface area contributed by atoms with Crippen LogP contribution in [0.3, 0.4) is 0 Å². The maximum Gasteiger partial charge on any atom is 0.252 e. The number of aromatic nitrogens is 1. The Kier molecular flexibility index (Phi) is 3.84. The van der Waals surface area contributed by atoms with Crippen LogP contribution in [0.4, 0.5) is 0 Å². The number of fused-ring (bicyclic) bond motifs is 1. The van der Waals surface area contributed by atoms with Crippen molar-refractivity contribution in [1.29, 1.82) is 0 Å². The van der Waals surface area contributed by atoms with Gasteiger partial charge in [0.2, 0.25) is 0 Å². The molecule has 3 rings (SSSR count). The van der Waals surface area contributed by atoms with E-state index in [4.69, 9.17) is 11.6 Å². The molecule has 1 aromatic carbocycles. The fourth-order valence-corrected chi connectivity index (χ4v) is 3.51. The Morgan fingerprint density at radius 2 is 2.05 bits per heavy atom. The second-order valence-electron chi connectivity index (χ2n) is 5.97. The molecule has 0 aliphatic heterocycles. The van der Waals surface area contributed by atoms with E-state index in [1.807, 2.05) is 18.2 Å². The smallest absolute Gasteiger partial charge is 0.252 e. The lowest BCUT2D eigenvalue weighted by molar-refractivity contribution is 0.108. The minimum absolute atomic E-state index is 0.380. The van der Waals surface area contributed by atoms with E-state index in [2.05, 4.69) is 17.7 Å². The average Bonchev–Trinajstić information content (AvgIpc) is 2.76. The average molecular weight is 290 g/mol. The Balaban J connectivity index is 1.96. The minimum Gasteiger partial charge on any atom is -0.347 e. The molecule has 0 spiro atoms. The van der Waals surface area contributed by atoms with Crippen molar-refractivity contribution in [3.63, 3.8) is 0 Å². The van der Waals surface area contributed by atoms with Gasteiger partial charge in [0.25, 0.3) is 5.24 Å². The van der Waals surface area contributed by atoms with Gasteiger partial charge in [0.15, 0.2) is 0 Å². The Hall–Kier alpha value is -1.28. The van der Waals surface area contributed by atoms with Crippen molar-refractivity contribution in [3.05, 3.63) is 35.5 Å². The SMILES string of the molecule is Cc1cn(CC2CCCCC2)c2cc(C(=O)Cl)ccc12. The van der Waals surface area contributed by atoms with Gasteiger partial charge in [0.05, 0.1) is 0 Å². The summed E-state index contributed by atoms with van der Waals surface area (Å²) in [5.41, 5.74) is 2.99. The van der Waals surface area contributed by atoms with Crippen molar-refractivity contribution in [2.45, 2.75) is 45.6 Å². The van der Waals surface area contributed by atoms with Gasteiger partial charge in [-0.05, 0) is 55.0 Å². The van der Waals surface area contributed by atoms with Crippen LogP contribution in [0.2, 0.25) is 0 Å². The van der Waals surface area contributed by atoms with Gasteiger partial charge in [-0.1, -0.05) is 25.3 Å². The second kappa shape index (κ2) is 5.61. The normalized spacial score (nSPS) is 16.7. The molecular formula is C17H20ClNO. The summed E-state index contributed by atoms with van der Waals surface area (Å²) in [7, 11) is 0. The topological polar surface area (TPSA) is 22.0 Å². The monoisotopic (exact) mass is 289 g/mol. The third-order valence-electron chi connectivity index (χ3n) is 4.49. The van der Waals surface area contributed by atoms with Gasteiger partial charge < -0.3 is 4.57 Å². The van der Waals surface area contributed by atoms with Crippen LogP contribution >= 0.6 is 11.6 Å². The predicted molar refractivity (Wildman–Crippen MR) is 83.4 cm³/mol. The zero-order valence-electron chi connectivity index (χ0n) is 11.9. The Morgan fingerprint density at radius 1 is 1.30 bits per heavy atom. The summed E-state index contributed by atoms with van der Waals surface area (Å²) in [5, 5.41) is 0.845. The lowest BCUT2D eigenvalue weighted by atomic mass is 9.89. The standard InChI is InChI=1S/C17H20ClNO/c1-12-10-19(11-13-5-3-2-4-6-13)16-9-14(17(18)20)7-8-15(12)16/h7-10,13H,2-6,11H2,1H3. The van der Waals surface area contributed by atoms with Gasteiger partial charge in [0.1, 0.15) is 0 Å². The summed E-state index contributed by atoms with van der Waals surface area (Å²) in [6.07, 6.45) is 8.96. The van der Waals surface area contributed by atoms with Crippen LogP contribution in [0, 0.1) is 12.8 Å². The van der Waals surface area contributed by atoms with E-state index >= 15 is 0 Å². The number of carbonyl (C=O) groups is 1. The van der Waals surface area contributed by atoms with E-state index in [1.54, 1.807) is 0 Å². The molecule has 0 N–H and O–H groups in total. The summed E-state index contributed by atoms with van der Waals surface area (Å²) in [6, 6.07) is 5.76. The highest BCUT2D eigenvalue weighted by molar-refractivity contribution is 6.67. The highest BCUT2D eigenvalue weighted by Crippen LogP contribution is 2.29. The summed E-state index contributed by atoms with van der Waals surface area (Å²) >= 11 is 5.61. The third-order valence-corrected chi connectivity index (χ3v) is 4.71. The summed E-state index contributed by atoms with van der Waals surface area (Å²) in [6.45, 7) is 3.19. The molecule has 0 unspecified atom stereocenters. The minimum atomic E-state index is -0.380. The Labute approximate surface area is 124 Å². The molecule has 0 radical (unpaired) electrons. The van der Waals surface area contributed by atoms with Crippen LogP contribution in [0.15, 0.2) is 24.4 Å². The first-order valence-corrected chi connectivity index (χ1v) is 7.82. The molecule has 0 atom stereocenters. The molecule has 0 amide bonds. The number of hydrogen-bond donors (Lipinski definition) is 0. The molecule has 1 aliphatic rings. The van der Waals surface area contributed by atoms with Crippen LogP contribution < -0.4 is 0 Å². The first-order valence-electron chi connectivity index (χ1n) is 7.44. The van der Waals surface area contributed by atoms with Crippen LogP contribution in [-0.2, 0) is 6.54 Å². The fraction of sp³-hybridized carbons (Fsp3) is 0.471. The zero-order valence-corrected chi connectivity index (χ0v) is 12.6. The molecule has 1 aliphatic carbocycles. The number of halogens is 1. The van der Waals surface area contributed by atoms with Crippen LogP contribution in [0.1, 0.15) is 48.0 Å². The second-order valence-corrected chi connectivity index (χ2v) is 6.32. The third kappa shape index (κ3) is 2.62. The summed E-state index contributed by atoms with van der Waals surface area (Å²) < 4.78 is 2.31. The number of carbonyl (C=O) groups excluding carboxylic acids is 1. The molecule has 1 aromatic heterocycles. The van der Waals surface area contributed by atoms with Crippen LogP contribution in [0.5, 0.6) is 0 Å². The van der Waals surface area contributed by atoms with Gasteiger partial charge >= 0.3 is 0 Å². The van der Waals surface area contributed by atoms with Gasteiger partial charge in [-0.2, -0.15) is 0 Å². The van der Waals surface area contributed by atoms with E-state index in [0.29, 0.717) is 5.56 Å². The van der Waals surface area contributed by atoms with Crippen LogP contribution in [0.25, 0.3) is 10.9 Å². The van der Waals surface area contributed by atoms with Crippen molar-refractivity contribution >= 4 is 27.7 Å². The molecule has 20 heavy (non-hydrogen) atoms. The lowest BCUT2D eigenvalue weighted by Gasteiger charge is -2.22. The molecule has 1 heterocycles. The number of rotatable bonds is 3. The van der Waals surface area contributed by atoms with Crippen LogP contribution in [-0.4, -0.2) is 9.81 Å². The number of hydrogen-bond acceptors (Lipinski definition) is 1. The first-order chi connectivity index (χ1) is 9.65. The highest BCUT2D eigenvalue weighted by atomic mass is 35.5. The lowest BCUT2D eigenvalue weighted by Crippen LogP contribution is -2.13. The molecule has 106 valence electrons. The van der Waals surface area contributed by atoms with E-state index < -0.39 is 0 Å². The van der Waals surface area contributed by atoms with Crippen molar-refractivity contribution in [3.8, 4) is 0 Å². The molecule has 0 bridgehead atoms. The van der Waals surface area contributed by atoms with E-state index in [0.717, 1.165) is 18.0 Å². The van der Waals surface area contributed by atoms with Gasteiger partial charge in [-0.3, -0.25) is 4.79 Å². The molecule has 2 nitrogen and oxygen atoms in total. The van der Waals surface area contributed by atoms with Gasteiger partial charge in [0, 0.05) is 29.2 Å². The van der Waals surface area contributed by atoms with E-state index in [9.17, 15) is 4.79 Å². The predicted octanol–water partition coefficient (Wildman–Crippen LogP) is 4.91. The van der Waals surface area contributed by atoms with E-state index in [1.165, 1.54) is 43.1 Å². The first kappa shape index (κ1) is 13.7. The summed E-state index contributed by atoms with van der Waals surface area (Å²) in [4.78, 5) is 11.4. The van der Waals surface area contributed by atoms with Gasteiger partial charge in [-0.25, -0.2) is 0 Å².